The molecule has 1 aromatic heterocycles. The summed E-state index contributed by atoms with van der Waals surface area (Å²) in [5.41, 5.74) is 1.72. The predicted molar refractivity (Wildman–Crippen MR) is 94.6 cm³/mol. The van der Waals surface area contributed by atoms with Crippen molar-refractivity contribution in [1.82, 2.24) is 5.01 Å². The second-order valence-corrected chi connectivity index (χ2v) is 7.54. The minimum atomic E-state index is -3.42. The van der Waals surface area contributed by atoms with Gasteiger partial charge in [-0.3, -0.25) is 9.52 Å². The van der Waals surface area contributed by atoms with Crippen LogP contribution in [0.15, 0.2) is 52.2 Å². The summed E-state index contributed by atoms with van der Waals surface area (Å²) >= 11 is 0. The SMILES string of the molecule is CCC(=O)N1N=C(c2ccccc2NS(C)(=O)=O)C[C@@H]1c1ccco1. The van der Waals surface area contributed by atoms with Gasteiger partial charge in [-0.15, -0.1) is 0 Å². The van der Waals surface area contributed by atoms with Crippen LogP contribution in [0.1, 0.15) is 37.1 Å². The fourth-order valence-corrected chi connectivity index (χ4v) is 3.37. The lowest BCUT2D eigenvalue weighted by Crippen LogP contribution is -2.25. The van der Waals surface area contributed by atoms with Crippen LogP contribution in [0.3, 0.4) is 0 Å². The van der Waals surface area contributed by atoms with Crippen LogP contribution in [-0.4, -0.2) is 31.3 Å². The summed E-state index contributed by atoms with van der Waals surface area (Å²) in [4.78, 5) is 12.3. The molecule has 1 aliphatic rings. The molecule has 2 aromatic rings. The molecule has 1 aromatic carbocycles. The van der Waals surface area contributed by atoms with Gasteiger partial charge in [-0.2, -0.15) is 5.10 Å². The second kappa shape index (κ2) is 6.72. The van der Waals surface area contributed by atoms with Gasteiger partial charge in [-0.25, -0.2) is 13.4 Å². The topological polar surface area (TPSA) is 92.0 Å². The molecule has 1 N–H and O–H groups in total. The highest BCUT2D eigenvalue weighted by molar-refractivity contribution is 7.92. The number of benzene rings is 1. The number of anilines is 1. The molecule has 0 aliphatic carbocycles. The van der Waals surface area contributed by atoms with Crippen LogP contribution in [0.25, 0.3) is 0 Å². The quantitative estimate of drug-likeness (QED) is 0.886. The zero-order valence-electron chi connectivity index (χ0n) is 14.0. The van der Waals surface area contributed by atoms with Crippen molar-refractivity contribution in [3.63, 3.8) is 0 Å². The van der Waals surface area contributed by atoms with E-state index < -0.39 is 10.0 Å². The minimum Gasteiger partial charge on any atom is -0.467 e. The van der Waals surface area contributed by atoms with Crippen molar-refractivity contribution in [2.75, 3.05) is 11.0 Å². The first-order valence-electron chi connectivity index (χ1n) is 7.89. The normalized spacial score (nSPS) is 17.4. The third-order valence-electron chi connectivity index (χ3n) is 3.87. The Bertz CT molecular complexity index is 904. The van der Waals surface area contributed by atoms with E-state index in [1.54, 1.807) is 49.6 Å². The Labute approximate surface area is 146 Å². The van der Waals surface area contributed by atoms with E-state index in [-0.39, 0.29) is 11.9 Å². The Hall–Kier alpha value is -2.61. The Kier molecular flexibility index (Phi) is 4.63. The lowest BCUT2D eigenvalue weighted by Gasteiger charge is -2.18. The number of hydrogen-bond donors (Lipinski definition) is 1. The van der Waals surface area contributed by atoms with Crippen molar-refractivity contribution in [2.24, 2.45) is 5.10 Å². The zero-order valence-corrected chi connectivity index (χ0v) is 14.8. The fourth-order valence-electron chi connectivity index (χ4n) is 2.79. The molecule has 132 valence electrons. The molecular weight excluding hydrogens is 342 g/mol. The minimum absolute atomic E-state index is 0.120. The summed E-state index contributed by atoms with van der Waals surface area (Å²) in [5, 5.41) is 5.88. The zero-order chi connectivity index (χ0) is 18.0. The standard InChI is InChI=1S/C17H19N3O4S/c1-3-17(21)20-15(16-9-6-10-24-16)11-14(18-20)12-7-4-5-8-13(12)19-25(2,22)23/h4-10,15,19H,3,11H2,1-2H3/t15-/m1/s1. The predicted octanol–water partition coefficient (Wildman–Crippen LogP) is 2.74. The number of hydrogen-bond acceptors (Lipinski definition) is 5. The van der Waals surface area contributed by atoms with Gasteiger partial charge in [-0.1, -0.05) is 25.1 Å². The molecule has 3 rings (SSSR count). The lowest BCUT2D eigenvalue weighted by atomic mass is 10.0. The number of carbonyl (C=O) groups excluding carboxylic acids is 1. The molecule has 0 fully saturated rings. The number of hydrazone groups is 1. The van der Waals surface area contributed by atoms with Gasteiger partial charge < -0.3 is 4.42 Å². The Balaban J connectivity index is 1.99. The van der Waals surface area contributed by atoms with Crippen LogP contribution >= 0.6 is 0 Å². The molecule has 25 heavy (non-hydrogen) atoms. The van der Waals surface area contributed by atoms with Gasteiger partial charge in [-0.05, 0) is 18.2 Å². The summed E-state index contributed by atoms with van der Waals surface area (Å²) < 4.78 is 31.2. The molecule has 0 unspecified atom stereocenters. The monoisotopic (exact) mass is 361 g/mol. The highest BCUT2D eigenvalue weighted by Crippen LogP contribution is 2.35. The molecule has 1 aliphatic heterocycles. The number of nitrogens with one attached hydrogen (secondary N) is 1. The van der Waals surface area contributed by atoms with E-state index in [1.807, 2.05) is 0 Å². The van der Waals surface area contributed by atoms with Crippen LogP contribution in [-0.2, 0) is 14.8 Å². The molecule has 1 amide bonds. The van der Waals surface area contributed by atoms with Gasteiger partial charge in [0.2, 0.25) is 15.9 Å². The third kappa shape index (κ3) is 3.74. The van der Waals surface area contributed by atoms with Crippen molar-refractivity contribution in [2.45, 2.75) is 25.8 Å². The van der Waals surface area contributed by atoms with E-state index in [1.165, 1.54) is 5.01 Å². The number of nitrogens with zero attached hydrogens (tertiary/aromatic N) is 2. The van der Waals surface area contributed by atoms with Gasteiger partial charge in [0.1, 0.15) is 11.8 Å². The van der Waals surface area contributed by atoms with E-state index in [0.717, 1.165) is 6.26 Å². The average Bonchev–Trinajstić information content (AvgIpc) is 3.22. The molecule has 1 atom stereocenters. The lowest BCUT2D eigenvalue weighted by molar-refractivity contribution is -0.133. The molecular formula is C17H19N3O4S. The summed E-state index contributed by atoms with van der Waals surface area (Å²) in [6.07, 6.45) is 3.42. The Morgan fingerprint density at radius 1 is 1.32 bits per heavy atom. The number of amides is 1. The van der Waals surface area contributed by atoms with E-state index in [9.17, 15) is 13.2 Å². The molecule has 2 heterocycles. The average molecular weight is 361 g/mol. The third-order valence-corrected chi connectivity index (χ3v) is 4.46. The highest BCUT2D eigenvalue weighted by Gasteiger charge is 2.34. The Morgan fingerprint density at radius 3 is 2.72 bits per heavy atom. The number of sulfonamides is 1. The molecule has 0 bridgehead atoms. The Morgan fingerprint density at radius 2 is 2.08 bits per heavy atom. The summed E-state index contributed by atoms with van der Waals surface area (Å²) in [6.45, 7) is 1.77. The summed E-state index contributed by atoms with van der Waals surface area (Å²) in [6, 6.07) is 10.2. The summed E-state index contributed by atoms with van der Waals surface area (Å²) in [5.74, 6) is 0.527. The van der Waals surface area contributed by atoms with E-state index in [2.05, 4.69) is 9.82 Å². The maximum absolute atomic E-state index is 12.3. The number of furan rings is 1. The first kappa shape index (κ1) is 17.2. The number of para-hydroxylation sites is 1. The largest absolute Gasteiger partial charge is 0.467 e. The van der Waals surface area contributed by atoms with Crippen molar-refractivity contribution in [3.05, 3.63) is 54.0 Å². The van der Waals surface area contributed by atoms with Gasteiger partial charge in [0.05, 0.1) is 23.9 Å². The van der Waals surface area contributed by atoms with E-state index in [0.29, 0.717) is 35.6 Å². The highest BCUT2D eigenvalue weighted by atomic mass is 32.2. The first-order valence-corrected chi connectivity index (χ1v) is 9.78. The maximum atomic E-state index is 12.3. The fraction of sp³-hybridized carbons (Fsp3) is 0.294. The maximum Gasteiger partial charge on any atom is 0.243 e. The smallest absolute Gasteiger partial charge is 0.243 e. The van der Waals surface area contributed by atoms with Gasteiger partial charge >= 0.3 is 0 Å². The van der Waals surface area contributed by atoms with Crippen LogP contribution in [0.4, 0.5) is 5.69 Å². The molecule has 0 radical (unpaired) electrons. The van der Waals surface area contributed by atoms with Crippen molar-refractivity contribution in [3.8, 4) is 0 Å². The van der Waals surface area contributed by atoms with Crippen LogP contribution in [0, 0.1) is 0 Å². The number of carbonyl (C=O) groups is 1. The number of rotatable bonds is 5. The van der Waals surface area contributed by atoms with Crippen molar-refractivity contribution in [1.29, 1.82) is 0 Å². The van der Waals surface area contributed by atoms with Crippen LogP contribution in [0.5, 0.6) is 0 Å². The molecule has 8 heteroatoms. The van der Waals surface area contributed by atoms with Gasteiger partial charge in [0.15, 0.2) is 0 Å². The molecule has 0 spiro atoms. The van der Waals surface area contributed by atoms with E-state index in [4.69, 9.17) is 4.42 Å². The molecule has 0 saturated carbocycles. The van der Waals surface area contributed by atoms with Crippen molar-refractivity contribution >= 4 is 27.3 Å². The first-order chi connectivity index (χ1) is 11.9. The van der Waals surface area contributed by atoms with Gasteiger partial charge in [0, 0.05) is 18.4 Å². The van der Waals surface area contributed by atoms with Gasteiger partial charge in [0.25, 0.3) is 0 Å². The van der Waals surface area contributed by atoms with Crippen LogP contribution in [0.2, 0.25) is 0 Å². The molecule has 0 saturated heterocycles. The summed E-state index contributed by atoms with van der Waals surface area (Å²) in [7, 11) is -3.42. The second-order valence-electron chi connectivity index (χ2n) is 5.79. The molecule has 7 nitrogen and oxygen atoms in total. The van der Waals surface area contributed by atoms with E-state index >= 15 is 0 Å². The van der Waals surface area contributed by atoms with Crippen LogP contribution < -0.4 is 4.72 Å². The van der Waals surface area contributed by atoms with Crippen molar-refractivity contribution < 1.29 is 17.6 Å².